The molecule has 0 saturated heterocycles. The molecule has 0 amide bonds. The molecule has 0 atom stereocenters. The van der Waals surface area contributed by atoms with Crippen LogP contribution in [-0.2, 0) is 0 Å². The zero-order chi connectivity index (χ0) is 17.0. The van der Waals surface area contributed by atoms with Gasteiger partial charge >= 0.3 is 5.69 Å². The number of benzene rings is 2. The fourth-order valence-electron chi connectivity index (χ4n) is 1.87. The summed E-state index contributed by atoms with van der Waals surface area (Å²) in [7, 11) is 0. The highest BCUT2D eigenvalue weighted by Crippen LogP contribution is 2.33. The number of rotatable bonds is 2. The lowest BCUT2D eigenvalue weighted by molar-refractivity contribution is -0.394. The van der Waals surface area contributed by atoms with Crippen LogP contribution in [0.5, 0.6) is 5.75 Å². The maximum atomic E-state index is 10.4. The minimum Gasteiger partial charge on any atom is -0.502 e. The van der Waals surface area contributed by atoms with Crippen molar-refractivity contribution < 1.29 is 15.0 Å². The molecule has 3 rings (SSSR count). The van der Waals surface area contributed by atoms with Crippen molar-refractivity contribution in [1.29, 1.82) is 0 Å². The number of H-pyrrole nitrogens is 1. The maximum absolute atomic E-state index is 10.4. The normalized spacial score (nSPS) is 9.96. The average molecular weight is 316 g/mol. The molecule has 9 heteroatoms. The van der Waals surface area contributed by atoms with Crippen LogP contribution < -0.4 is 0 Å². The molecular formula is C14H12N4O5. The molecule has 0 aliphatic carbocycles. The highest BCUT2D eigenvalue weighted by Gasteiger charge is 2.21. The Hall–Kier alpha value is -3.49. The van der Waals surface area contributed by atoms with E-state index in [1.807, 2.05) is 24.3 Å². The molecule has 2 N–H and O–H groups in total. The predicted molar refractivity (Wildman–Crippen MR) is 82.2 cm³/mol. The second kappa shape index (κ2) is 6.52. The number of nitro benzene ring substituents is 2. The Morgan fingerprint density at radius 3 is 2.43 bits per heavy atom. The third kappa shape index (κ3) is 3.59. The van der Waals surface area contributed by atoms with Crippen LogP contribution in [-0.4, -0.2) is 24.9 Å². The van der Waals surface area contributed by atoms with Crippen molar-refractivity contribution in [3.63, 3.8) is 0 Å². The van der Waals surface area contributed by atoms with E-state index in [0.717, 1.165) is 23.2 Å². The number of hydrogen-bond donors (Lipinski definition) is 2. The van der Waals surface area contributed by atoms with E-state index in [1.165, 1.54) is 6.92 Å². The van der Waals surface area contributed by atoms with E-state index in [4.69, 9.17) is 0 Å². The molecule has 0 aliphatic rings. The molecule has 1 aromatic heterocycles. The average Bonchev–Trinajstić information content (AvgIpc) is 2.98. The molecule has 0 saturated carbocycles. The smallest absolute Gasteiger partial charge is 0.317 e. The number of nitrogens with one attached hydrogen (secondary N) is 1. The number of fused-ring (bicyclic) bond motifs is 1. The van der Waals surface area contributed by atoms with Crippen LogP contribution in [0.1, 0.15) is 5.56 Å². The van der Waals surface area contributed by atoms with E-state index < -0.39 is 27.0 Å². The van der Waals surface area contributed by atoms with Gasteiger partial charge in [0.2, 0.25) is 0 Å². The number of imidazole rings is 1. The number of aromatic nitrogens is 2. The zero-order valence-electron chi connectivity index (χ0n) is 12.0. The van der Waals surface area contributed by atoms with E-state index in [-0.39, 0.29) is 5.56 Å². The van der Waals surface area contributed by atoms with Gasteiger partial charge in [-0.1, -0.05) is 12.1 Å². The number of phenols is 1. The van der Waals surface area contributed by atoms with Crippen molar-refractivity contribution in [3.8, 4) is 5.75 Å². The summed E-state index contributed by atoms with van der Waals surface area (Å²) >= 11 is 0. The SMILES string of the molecule is Cc1cc([N+](=O)[O-])cc([N+](=O)[O-])c1O.c1ccc2[nH]cnc2c1. The van der Waals surface area contributed by atoms with Crippen molar-refractivity contribution in [2.24, 2.45) is 0 Å². The molecule has 3 aromatic rings. The first-order chi connectivity index (χ1) is 10.9. The highest BCUT2D eigenvalue weighted by atomic mass is 16.6. The third-order valence-corrected chi connectivity index (χ3v) is 3.00. The first-order valence-electron chi connectivity index (χ1n) is 6.40. The number of nitrogens with zero attached hydrogens (tertiary/aromatic N) is 3. The largest absolute Gasteiger partial charge is 0.502 e. The molecule has 0 bridgehead atoms. The molecule has 0 unspecified atom stereocenters. The first kappa shape index (κ1) is 15.9. The van der Waals surface area contributed by atoms with Crippen molar-refractivity contribution >= 4 is 22.4 Å². The van der Waals surface area contributed by atoms with E-state index >= 15 is 0 Å². The number of aromatic hydroxyl groups is 1. The quantitative estimate of drug-likeness (QED) is 0.551. The van der Waals surface area contributed by atoms with Gasteiger partial charge in [0.15, 0.2) is 5.75 Å². The van der Waals surface area contributed by atoms with Crippen LogP contribution >= 0.6 is 0 Å². The van der Waals surface area contributed by atoms with Crippen LogP contribution in [0.3, 0.4) is 0 Å². The van der Waals surface area contributed by atoms with E-state index in [2.05, 4.69) is 9.97 Å². The summed E-state index contributed by atoms with van der Waals surface area (Å²) in [6, 6.07) is 9.74. The lowest BCUT2D eigenvalue weighted by Gasteiger charge is -1.99. The van der Waals surface area contributed by atoms with Gasteiger partial charge in [0.05, 0.1) is 33.3 Å². The predicted octanol–water partition coefficient (Wildman–Crippen LogP) is 3.08. The minimum atomic E-state index is -0.866. The number of hydrogen-bond acceptors (Lipinski definition) is 6. The molecule has 23 heavy (non-hydrogen) atoms. The van der Waals surface area contributed by atoms with Gasteiger partial charge in [0, 0.05) is 11.6 Å². The van der Waals surface area contributed by atoms with E-state index in [0.29, 0.717) is 0 Å². The number of phenolic OH excluding ortho intramolecular Hbond substituents is 1. The monoisotopic (exact) mass is 316 g/mol. The van der Waals surface area contributed by atoms with Crippen LogP contribution in [0.15, 0.2) is 42.7 Å². The van der Waals surface area contributed by atoms with E-state index in [1.54, 1.807) is 6.33 Å². The lowest BCUT2D eigenvalue weighted by atomic mass is 10.1. The Morgan fingerprint density at radius 2 is 1.83 bits per heavy atom. The summed E-state index contributed by atoms with van der Waals surface area (Å²) < 4.78 is 0. The second-order valence-electron chi connectivity index (χ2n) is 4.56. The summed E-state index contributed by atoms with van der Waals surface area (Å²) in [4.78, 5) is 26.2. The highest BCUT2D eigenvalue weighted by molar-refractivity contribution is 5.73. The standard InChI is InChI=1S/C7H6N2O5.C7H6N2/c1-4-2-5(8(11)12)3-6(7(4)10)9(13)14;1-2-4-7-6(3-1)8-5-9-7/h2-3,10H,1H3;1-5H,(H,8,9). The summed E-state index contributed by atoms with van der Waals surface area (Å²) in [6.07, 6.45) is 1.70. The fourth-order valence-corrected chi connectivity index (χ4v) is 1.87. The molecule has 9 nitrogen and oxygen atoms in total. The summed E-state index contributed by atoms with van der Waals surface area (Å²) in [5.74, 6) is -0.541. The van der Waals surface area contributed by atoms with Crippen LogP contribution in [0.25, 0.3) is 11.0 Å². The Morgan fingerprint density at radius 1 is 1.13 bits per heavy atom. The lowest BCUT2D eigenvalue weighted by Crippen LogP contribution is -1.94. The minimum absolute atomic E-state index is 0.103. The third-order valence-electron chi connectivity index (χ3n) is 3.00. The maximum Gasteiger partial charge on any atom is 0.317 e. The molecule has 0 aliphatic heterocycles. The van der Waals surface area contributed by atoms with Crippen LogP contribution in [0, 0.1) is 27.2 Å². The van der Waals surface area contributed by atoms with Crippen molar-refractivity contribution in [2.45, 2.75) is 6.92 Å². The van der Waals surface area contributed by atoms with Crippen LogP contribution in [0.2, 0.25) is 0 Å². The molecular weight excluding hydrogens is 304 g/mol. The molecule has 2 aromatic carbocycles. The zero-order valence-corrected chi connectivity index (χ0v) is 12.0. The summed E-state index contributed by atoms with van der Waals surface area (Å²) in [5, 5.41) is 29.9. The Bertz CT molecular complexity index is 844. The fraction of sp³-hybridized carbons (Fsp3) is 0.0714. The Balaban J connectivity index is 0.000000182. The second-order valence-corrected chi connectivity index (χ2v) is 4.56. The molecule has 0 fully saturated rings. The van der Waals surface area contributed by atoms with Gasteiger partial charge in [-0.2, -0.15) is 0 Å². The molecule has 0 radical (unpaired) electrons. The number of aryl methyl sites for hydroxylation is 1. The number of aromatic amines is 1. The van der Waals surface area contributed by atoms with Crippen molar-refractivity contribution in [3.05, 3.63) is 68.5 Å². The molecule has 1 heterocycles. The summed E-state index contributed by atoms with van der Waals surface area (Å²) in [5.41, 5.74) is 1.16. The number of para-hydroxylation sites is 2. The van der Waals surface area contributed by atoms with E-state index in [9.17, 15) is 25.3 Å². The van der Waals surface area contributed by atoms with Gasteiger partial charge in [-0.15, -0.1) is 0 Å². The van der Waals surface area contributed by atoms with Gasteiger partial charge in [-0.05, 0) is 19.1 Å². The Kier molecular flexibility index (Phi) is 4.50. The topological polar surface area (TPSA) is 135 Å². The number of non-ortho nitro benzene ring substituents is 1. The van der Waals surface area contributed by atoms with Gasteiger partial charge in [0.25, 0.3) is 5.69 Å². The molecule has 118 valence electrons. The first-order valence-corrected chi connectivity index (χ1v) is 6.40. The van der Waals surface area contributed by atoms with Crippen molar-refractivity contribution in [1.82, 2.24) is 9.97 Å². The Labute approximate surface area is 129 Å². The van der Waals surface area contributed by atoms with Crippen LogP contribution in [0.4, 0.5) is 11.4 Å². The van der Waals surface area contributed by atoms with Gasteiger partial charge < -0.3 is 10.1 Å². The van der Waals surface area contributed by atoms with Gasteiger partial charge in [-0.25, -0.2) is 4.98 Å². The van der Waals surface area contributed by atoms with Gasteiger partial charge in [-0.3, -0.25) is 20.2 Å². The summed E-state index contributed by atoms with van der Waals surface area (Å²) in [6.45, 7) is 1.36. The number of nitro groups is 2. The van der Waals surface area contributed by atoms with Gasteiger partial charge in [0.1, 0.15) is 0 Å². The van der Waals surface area contributed by atoms with Crippen molar-refractivity contribution in [2.75, 3.05) is 0 Å². The molecule has 0 spiro atoms.